The van der Waals surface area contributed by atoms with Crippen LogP contribution in [0.5, 0.6) is 0 Å². The van der Waals surface area contributed by atoms with Gasteiger partial charge in [0.25, 0.3) is 0 Å². The third kappa shape index (κ3) is 20.5. The van der Waals surface area contributed by atoms with Crippen molar-refractivity contribution in [2.24, 2.45) is 163 Å². The summed E-state index contributed by atoms with van der Waals surface area (Å²) in [6.45, 7) is 35.8. The summed E-state index contributed by atoms with van der Waals surface area (Å²) in [5.74, 6) is 5.83. The minimum absolute atomic E-state index is 0. The Balaban J connectivity index is 0.000000229. The third-order valence-electron chi connectivity index (χ3n) is 34.8. The van der Waals surface area contributed by atoms with Crippen LogP contribution in [0.4, 0.5) is 14.4 Å². The fraction of sp³-hybridized carbons (Fsp3) is 0.903. The van der Waals surface area contributed by atoms with Gasteiger partial charge < -0.3 is 53.2 Å². The van der Waals surface area contributed by atoms with Crippen LogP contribution in [0, 0.1) is 163 Å². The molecule has 0 amide bonds. The number of rotatable bonds is 20. The van der Waals surface area contributed by atoms with E-state index in [0.29, 0.717) is 111 Å². The van der Waals surface area contributed by atoms with Gasteiger partial charge in [-0.1, -0.05) is 97.4 Å². The van der Waals surface area contributed by atoms with Crippen LogP contribution in [-0.4, -0.2) is 155 Å². The predicted octanol–water partition coefficient (Wildman–Crippen LogP) is 19.0. The monoisotopic (exact) mass is 1730 g/mol. The van der Waals surface area contributed by atoms with Gasteiger partial charge in [0.05, 0.1) is 65.7 Å². The Morgan fingerprint density at radius 1 is 0.441 bits per heavy atom. The van der Waals surface area contributed by atoms with Crippen LogP contribution in [0.1, 0.15) is 292 Å². The highest BCUT2D eigenvalue weighted by atomic mass is 35.7. The van der Waals surface area contributed by atoms with Crippen molar-refractivity contribution in [2.75, 3.05) is 47.4 Å². The molecule has 12 fully saturated rings. The highest BCUT2D eigenvalue weighted by Gasteiger charge is 2.72. The van der Waals surface area contributed by atoms with Crippen LogP contribution in [0.15, 0.2) is 0 Å². The number of Topliss-reactive ketones (excluding diaryl/α,β-unsaturated/α-hetero) is 3. The van der Waals surface area contributed by atoms with Crippen LogP contribution < -0.4 is 0 Å². The van der Waals surface area contributed by atoms with Crippen LogP contribution in [0.25, 0.3) is 0 Å². The van der Waals surface area contributed by atoms with Crippen molar-refractivity contribution in [3.63, 3.8) is 0 Å². The number of ether oxygens (including phenoxy) is 8. The highest BCUT2D eigenvalue weighted by molar-refractivity contribution is 8.13. The van der Waals surface area contributed by atoms with E-state index in [9.17, 15) is 66.9 Å². The topological polar surface area (TPSA) is 322 Å². The normalized spacial score (nSPS) is 41.6. The van der Waals surface area contributed by atoms with Crippen molar-refractivity contribution in [1.82, 2.24) is 0 Å². The van der Waals surface area contributed by atoms with Gasteiger partial charge in [-0.2, -0.15) is 0 Å². The summed E-state index contributed by atoms with van der Waals surface area (Å²) in [5, 5.41) is 33.8. The Bertz CT molecular complexity index is 3390. The second-order valence-electron chi connectivity index (χ2n) is 39.5. The molecular weight excluding hydrogens is 1570 g/mol. The number of methoxy groups -OCH3 is 3. The van der Waals surface area contributed by atoms with Crippen molar-refractivity contribution < 1.29 is 105 Å². The fourth-order valence-corrected chi connectivity index (χ4v) is 29.0. The first-order valence-electron chi connectivity index (χ1n) is 45.1. The largest absolute Gasteiger partial charge is 0.508 e. The number of carbonyl (C=O) groups is 9. The van der Waals surface area contributed by atoms with Gasteiger partial charge in [-0.25, -0.2) is 22.8 Å². The smallest absolute Gasteiger partial charge is 0.469 e. The molecule has 0 aromatic heterocycles. The van der Waals surface area contributed by atoms with Gasteiger partial charge in [0.1, 0.15) is 29.6 Å². The van der Waals surface area contributed by atoms with Gasteiger partial charge in [-0.15, -0.1) is 0 Å². The zero-order chi connectivity index (χ0) is 87.2. The Labute approximate surface area is 717 Å². The Morgan fingerprint density at radius 3 is 1.03 bits per heavy atom. The average molecular weight is 1730 g/mol. The molecule has 0 bridgehead atoms. The maximum atomic E-state index is 14.3. The molecule has 0 radical (unpaired) electrons. The molecule has 0 saturated heterocycles. The molecule has 0 aliphatic heterocycles. The van der Waals surface area contributed by atoms with Gasteiger partial charge in [-0.05, 0) is 291 Å². The van der Waals surface area contributed by atoms with Gasteiger partial charge in [0.15, 0.2) is 0 Å². The van der Waals surface area contributed by atoms with E-state index in [0.717, 1.165) is 141 Å². The quantitative estimate of drug-likeness (QED) is 0.0579. The molecule has 25 heteroatoms. The number of aliphatic hydroxyl groups is 3. The molecule has 0 aromatic rings. The first-order valence-corrected chi connectivity index (χ1v) is 48.2. The minimum Gasteiger partial charge on any atom is -0.469 e. The Morgan fingerprint density at radius 2 is 0.737 bits per heavy atom. The van der Waals surface area contributed by atoms with E-state index in [1.54, 1.807) is 20.8 Å². The van der Waals surface area contributed by atoms with Crippen LogP contribution >= 0.6 is 22.3 Å². The molecular formula is C93H154Cl2O22S. The summed E-state index contributed by atoms with van der Waals surface area (Å²) >= 11 is 4.72. The van der Waals surface area contributed by atoms with E-state index in [4.69, 9.17) is 44.8 Å². The number of carbonyl (C=O) groups excluding carboxylic acids is 9. The van der Waals surface area contributed by atoms with Gasteiger partial charge in [0.2, 0.25) is 9.05 Å². The standard InChI is InChI=1S/C31H50O6.C30H48O7.C27H44O5.C3H5ClO2.CH3ClO2S.CH4/c1-8-21-24-17-20(37-29(34)36-9-2)14-15-30(24,5)25-16-19(4)31(6)22(18(3)10-13-26(32)35-7)11-12-23(31)27(25)28(21)33;1-7-19-22-15-18(37-28(34)36-8-2)13-14-29(22,4)23-16-24(31)30(5)20(17(3)9-12-25(32)35-6)10-11-21(30)26(23)27(19)33;1-6-17-20-13-16(28)11-12-26(20,3)21-14-22(29)27(4)18(15(2)7-10-23(30)32-5)8-9-19(27)24(21)25(17)31;1-2-6-3(4)5;1-5(2,3)4;/h18-25,27H,8-17H2,1-7H3;17-24,26,31H,7-16H2,1-6H3;15-22,24,28-29H,6-14H2,1-5H3;2H2,1H3;1H3;1H4/t18-,19+,20-,21-,22-,23?,24+,25?,27?,30+,31-;17-,18-,19-,20-,21?,22+,23?,24+,26?,29+,30-;15-,16-,17-,18-,19?,20+,21?,22+,24?,26+,27-;;;/m111.../s1. The lowest BCUT2D eigenvalue weighted by Gasteiger charge is -2.64. The first kappa shape index (κ1) is 101. The molecule has 118 heavy (non-hydrogen) atoms. The molecule has 678 valence electrons. The van der Waals surface area contributed by atoms with Gasteiger partial charge in [-0.3, -0.25) is 28.8 Å². The zero-order valence-electron chi connectivity index (χ0n) is 74.6. The predicted molar refractivity (Wildman–Crippen MR) is 453 cm³/mol. The molecule has 0 spiro atoms. The molecule has 22 nitrogen and oxygen atoms in total. The van der Waals surface area contributed by atoms with E-state index in [1.807, 2.05) is 0 Å². The van der Waals surface area contributed by atoms with E-state index in [-0.39, 0.29) is 172 Å². The summed E-state index contributed by atoms with van der Waals surface area (Å²) < 4.78 is 59.0. The number of hydrogen-bond acceptors (Lipinski definition) is 22. The minimum atomic E-state index is -3.19. The molecule has 9 unspecified atom stereocenters. The summed E-state index contributed by atoms with van der Waals surface area (Å²) in [6.07, 6.45) is 20.4. The van der Waals surface area contributed by atoms with Crippen LogP contribution in [-0.2, 0) is 75.7 Å². The maximum absolute atomic E-state index is 14.3. The van der Waals surface area contributed by atoms with Crippen molar-refractivity contribution in [2.45, 2.75) is 322 Å². The SMILES string of the molecule is C.CCOC(=O)Cl.CCOC(=O)O[C@@H]1CC[C@]2(C)C3C[C@H](C)[C@@]4(C)C(CC[C@@H]4[C@H](C)CCC(=O)OC)C3C(=O)[C@H](CC)[C@@H]2C1.CCOC(=O)O[C@@H]1CC[C@]2(C)C3C[C@H](O)[C@@]4(C)C(CC[C@@H]4[C@H](C)CCC(=O)OC)C3C(=O)[C@H](CC)[C@@H]2C1.CC[C@H]1C(=O)C2C3CC[C@H]([C@H](C)CCC(=O)OC)[C@@]3(C)[C@@H](O)CC2[C@@]2(C)CC[C@@H](O)C[C@@H]12.CS(=O)(=O)Cl. The molecule has 3 N–H and O–H groups in total. The lowest BCUT2D eigenvalue weighted by molar-refractivity contribution is -0.193. The lowest BCUT2D eigenvalue weighted by atomic mass is 9.40. The van der Waals surface area contributed by atoms with Gasteiger partial charge in [0, 0.05) is 87.9 Å². The van der Waals surface area contributed by atoms with Crippen molar-refractivity contribution in [3.05, 3.63) is 0 Å². The highest BCUT2D eigenvalue weighted by Crippen LogP contribution is 2.74. The molecule has 12 aliphatic rings. The summed E-state index contributed by atoms with van der Waals surface area (Å²) in [7, 11) is 5.63. The number of fused-ring (bicyclic) bond motifs is 15. The lowest BCUT2D eigenvalue weighted by Crippen LogP contribution is -2.64. The average Bonchev–Trinajstić information content (AvgIpc) is 1.32. The van der Waals surface area contributed by atoms with E-state index in [2.05, 4.69) is 105 Å². The molecule has 33 atom stereocenters. The fourth-order valence-electron chi connectivity index (χ4n) is 28.9. The molecule has 12 saturated carbocycles. The summed E-state index contributed by atoms with van der Waals surface area (Å²) in [4.78, 5) is 112. The van der Waals surface area contributed by atoms with Crippen molar-refractivity contribution in [3.8, 4) is 0 Å². The maximum Gasteiger partial charge on any atom is 0.508 e. The Kier molecular flexibility index (Phi) is 35.7. The zero-order valence-corrected chi connectivity index (χ0v) is 76.9. The van der Waals surface area contributed by atoms with Crippen LogP contribution in [0.2, 0.25) is 0 Å². The summed E-state index contributed by atoms with van der Waals surface area (Å²) in [6, 6.07) is 0. The second kappa shape index (κ2) is 41.8. The van der Waals surface area contributed by atoms with Crippen LogP contribution in [0.3, 0.4) is 0 Å². The molecule has 12 rings (SSSR count). The van der Waals surface area contributed by atoms with Crippen molar-refractivity contribution >= 4 is 84.3 Å². The number of aliphatic hydroxyl groups excluding tert-OH is 3. The summed E-state index contributed by atoms with van der Waals surface area (Å²) in [5.41, 5.74) is -1.16. The first-order chi connectivity index (χ1) is 54.9. The number of ketones is 3. The molecule has 0 heterocycles. The van der Waals surface area contributed by atoms with Gasteiger partial charge >= 0.3 is 35.6 Å². The van der Waals surface area contributed by atoms with E-state index >= 15 is 0 Å². The van der Waals surface area contributed by atoms with Crippen molar-refractivity contribution in [1.29, 1.82) is 0 Å². The molecule has 0 aromatic carbocycles. The third-order valence-corrected chi connectivity index (χ3v) is 34.9. The number of esters is 3. The van der Waals surface area contributed by atoms with E-state index < -0.39 is 39.0 Å². The number of halogens is 2. The molecule has 12 aliphatic carbocycles. The van der Waals surface area contributed by atoms with E-state index in [1.165, 1.54) is 21.3 Å². The number of hydrogen-bond donors (Lipinski definition) is 3. The Hall–Kier alpha value is -4.16. The second-order valence-corrected chi connectivity index (χ2v) is 42.9.